The molecule has 2 fully saturated rings. The number of likely N-dealkylation sites (tertiary alicyclic amines) is 1. The third-order valence-electron chi connectivity index (χ3n) is 8.23. The average Bonchev–Trinajstić information content (AvgIpc) is 2.91. The lowest BCUT2D eigenvalue weighted by Crippen LogP contribution is -2.65. The molecule has 0 saturated carbocycles. The normalized spacial score (nSPS) is 18.3. The molecule has 2 heterocycles. The van der Waals surface area contributed by atoms with Gasteiger partial charge in [-0.25, -0.2) is 0 Å². The first-order chi connectivity index (χ1) is 19.6. The van der Waals surface area contributed by atoms with Gasteiger partial charge in [-0.05, 0) is 74.1 Å². The van der Waals surface area contributed by atoms with E-state index in [0.29, 0.717) is 16.9 Å². The van der Waals surface area contributed by atoms with Gasteiger partial charge in [-0.2, -0.15) is 0 Å². The van der Waals surface area contributed by atoms with Gasteiger partial charge in [0.1, 0.15) is 0 Å². The highest BCUT2D eigenvalue weighted by molar-refractivity contribution is 6.04. The molecule has 0 radical (unpaired) electrons. The topological polar surface area (TPSA) is 69.2 Å². The number of allylic oxidation sites excluding steroid dienone is 1. The summed E-state index contributed by atoms with van der Waals surface area (Å²) >= 11 is 0. The minimum Gasteiger partial charge on any atom is -0.380 e. The summed E-state index contributed by atoms with van der Waals surface area (Å²) in [6.45, 7) is 18.8. The van der Waals surface area contributed by atoms with Crippen LogP contribution in [0.3, 0.4) is 0 Å². The van der Waals surface area contributed by atoms with Gasteiger partial charge in [0, 0.05) is 74.4 Å². The molecule has 2 atom stereocenters. The van der Waals surface area contributed by atoms with E-state index in [-0.39, 0.29) is 18.0 Å². The van der Waals surface area contributed by atoms with E-state index < -0.39 is 0 Å². The number of hydrogen-bond donors (Lipinski definition) is 2. The van der Waals surface area contributed by atoms with Crippen molar-refractivity contribution in [1.29, 1.82) is 0 Å². The minimum absolute atomic E-state index is 0.0796. The zero-order valence-electron chi connectivity index (χ0n) is 26.0. The van der Waals surface area contributed by atoms with Crippen LogP contribution in [0.2, 0.25) is 0 Å². The molecule has 2 aliphatic heterocycles. The van der Waals surface area contributed by atoms with E-state index in [0.717, 1.165) is 62.8 Å². The molecule has 41 heavy (non-hydrogen) atoms. The van der Waals surface area contributed by atoms with Gasteiger partial charge in [-0.1, -0.05) is 39.0 Å². The molecule has 2 aromatic rings. The van der Waals surface area contributed by atoms with Crippen LogP contribution in [0.4, 0.5) is 5.69 Å². The molecule has 7 nitrogen and oxygen atoms in total. The first-order valence-corrected chi connectivity index (χ1v) is 15.2. The molecule has 2 aromatic carbocycles. The number of hydrogen-bond acceptors (Lipinski definition) is 6. The lowest BCUT2D eigenvalue weighted by atomic mass is 9.78. The summed E-state index contributed by atoms with van der Waals surface area (Å²) in [4.78, 5) is 22.6. The average molecular weight is 560 g/mol. The summed E-state index contributed by atoms with van der Waals surface area (Å²) in [6.07, 6.45) is 5.00. The van der Waals surface area contributed by atoms with Gasteiger partial charge in [0.05, 0.1) is 18.9 Å². The molecule has 2 N–H and O–H groups in total. The zero-order chi connectivity index (χ0) is 29.6. The number of anilines is 1. The Labute approximate surface area is 247 Å². The SMILES string of the molecule is CCc1cc(C(=O)Nc2cccc([C@H](C)NC(C)C=N/C(=C/N(C)CC)C(C)C)c2)ccc1CN1CC2(COC2)C1. The van der Waals surface area contributed by atoms with E-state index in [2.05, 4.69) is 93.4 Å². The lowest BCUT2D eigenvalue weighted by molar-refractivity contribution is -0.191. The summed E-state index contributed by atoms with van der Waals surface area (Å²) in [7, 11) is 2.07. The van der Waals surface area contributed by atoms with Crippen molar-refractivity contribution in [2.45, 2.75) is 66.6 Å². The molecule has 4 rings (SSSR count). The monoisotopic (exact) mass is 559 g/mol. The van der Waals surface area contributed by atoms with E-state index in [9.17, 15) is 4.79 Å². The fourth-order valence-electron chi connectivity index (χ4n) is 5.55. The third kappa shape index (κ3) is 8.06. The van der Waals surface area contributed by atoms with Crippen molar-refractivity contribution in [3.63, 3.8) is 0 Å². The maximum Gasteiger partial charge on any atom is 0.255 e. The van der Waals surface area contributed by atoms with Gasteiger partial charge in [-0.3, -0.25) is 14.7 Å². The predicted molar refractivity (Wildman–Crippen MR) is 169 cm³/mol. The second-order valence-electron chi connectivity index (χ2n) is 12.3. The van der Waals surface area contributed by atoms with Crippen LogP contribution in [0.15, 0.2) is 59.4 Å². The van der Waals surface area contributed by atoms with Crippen LogP contribution in [-0.4, -0.2) is 67.9 Å². The number of benzene rings is 2. The Bertz CT molecular complexity index is 1240. The molecule has 1 unspecified atom stereocenters. The molecular formula is C34H49N5O2. The van der Waals surface area contributed by atoms with Gasteiger partial charge < -0.3 is 20.3 Å². The Kier molecular flexibility index (Phi) is 10.4. The Balaban J connectivity index is 1.34. The smallest absolute Gasteiger partial charge is 0.255 e. The Morgan fingerprint density at radius 1 is 1.10 bits per heavy atom. The predicted octanol–water partition coefficient (Wildman–Crippen LogP) is 5.89. The van der Waals surface area contributed by atoms with Gasteiger partial charge in [0.25, 0.3) is 5.91 Å². The number of nitrogens with one attached hydrogen (secondary N) is 2. The van der Waals surface area contributed by atoms with Crippen LogP contribution >= 0.6 is 0 Å². The van der Waals surface area contributed by atoms with E-state index in [4.69, 9.17) is 9.73 Å². The molecule has 0 aliphatic carbocycles. The largest absolute Gasteiger partial charge is 0.380 e. The van der Waals surface area contributed by atoms with Gasteiger partial charge in [0.2, 0.25) is 0 Å². The number of amides is 1. The number of aliphatic imine (C=N–C) groups is 1. The quantitative estimate of drug-likeness (QED) is 0.300. The zero-order valence-corrected chi connectivity index (χ0v) is 26.0. The van der Waals surface area contributed by atoms with Crippen LogP contribution in [0.1, 0.15) is 74.6 Å². The van der Waals surface area contributed by atoms with Crippen LogP contribution in [0, 0.1) is 11.3 Å². The maximum absolute atomic E-state index is 13.2. The summed E-state index contributed by atoms with van der Waals surface area (Å²) in [5.74, 6) is 0.273. The highest BCUT2D eigenvalue weighted by Crippen LogP contribution is 2.38. The van der Waals surface area contributed by atoms with Crippen LogP contribution < -0.4 is 10.6 Å². The minimum atomic E-state index is -0.0796. The molecule has 1 spiro atoms. The van der Waals surface area contributed by atoms with Crippen molar-refractivity contribution in [1.82, 2.24) is 15.1 Å². The highest BCUT2D eigenvalue weighted by atomic mass is 16.5. The number of rotatable bonds is 13. The fourth-order valence-corrected chi connectivity index (χ4v) is 5.55. The Hall–Kier alpha value is -3.00. The van der Waals surface area contributed by atoms with Crippen LogP contribution in [0.5, 0.6) is 0 Å². The Morgan fingerprint density at radius 2 is 1.85 bits per heavy atom. The lowest BCUT2D eigenvalue weighted by Gasteiger charge is -2.55. The number of carbonyl (C=O) groups excluding carboxylic acids is 1. The number of ether oxygens (including phenoxy) is 1. The van der Waals surface area contributed by atoms with Crippen molar-refractivity contribution < 1.29 is 9.53 Å². The molecule has 7 heteroatoms. The molecule has 0 bridgehead atoms. The van der Waals surface area contributed by atoms with Crippen molar-refractivity contribution in [3.8, 4) is 0 Å². The molecule has 1 amide bonds. The van der Waals surface area contributed by atoms with E-state index in [1.54, 1.807) is 0 Å². The van der Waals surface area contributed by atoms with Gasteiger partial charge in [0.15, 0.2) is 0 Å². The molecule has 0 aromatic heterocycles. The molecule has 2 saturated heterocycles. The van der Waals surface area contributed by atoms with E-state index in [1.807, 2.05) is 30.5 Å². The summed E-state index contributed by atoms with van der Waals surface area (Å²) < 4.78 is 5.41. The van der Waals surface area contributed by atoms with Crippen molar-refractivity contribution in [3.05, 3.63) is 76.6 Å². The van der Waals surface area contributed by atoms with Gasteiger partial charge in [-0.15, -0.1) is 0 Å². The van der Waals surface area contributed by atoms with Crippen molar-refractivity contribution >= 4 is 17.8 Å². The van der Waals surface area contributed by atoms with Gasteiger partial charge >= 0.3 is 0 Å². The van der Waals surface area contributed by atoms with E-state index in [1.165, 1.54) is 11.1 Å². The molecule has 2 aliphatic rings. The summed E-state index contributed by atoms with van der Waals surface area (Å²) in [5, 5.41) is 6.73. The Morgan fingerprint density at radius 3 is 2.49 bits per heavy atom. The number of carbonyl (C=O) groups is 1. The second-order valence-corrected chi connectivity index (χ2v) is 12.3. The number of nitrogens with zero attached hydrogens (tertiary/aromatic N) is 3. The second kappa shape index (κ2) is 13.8. The number of aryl methyl sites for hydroxylation is 1. The van der Waals surface area contributed by atoms with E-state index >= 15 is 0 Å². The fraction of sp³-hybridized carbons (Fsp3) is 0.529. The molecular weight excluding hydrogens is 510 g/mol. The highest BCUT2D eigenvalue weighted by Gasteiger charge is 2.48. The standard InChI is InChI=1S/C34H49N5O2/c1-8-27-15-29(13-14-30(27)18-39-20-34(21-39)22-41-23-34)33(40)37-31-12-10-11-28(16-31)26(6)36-25(5)17-35-32(24(3)4)19-38(7)9-2/h10-17,19,24-26,36H,8-9,18,20-23H2,1-7H3,(H,37,40)/b32-19+,35-17?/t25?,26-/m0/s1. The summed E-state index contributed by atoms with van der Waals surface area (Å²) in [6, 6.07) is 14.4. The van der Waals surface area contributed by atoms with Crippen LogP contribution in [-0.2, 0) is 17.7 Å². The summed E-state index contributed by atoms with van der Waals surface area (Å²) in [5.41, 5.74) is 6.64. The first kappa shape index (κ1) is 30.9. The first-order valence-electron chi connectivity index (χ1n) is 15.2. The molecule has 222 valence electrons. The van der Waals surface area contributed by atoms with Crippen LogP contribution in [0.25, 0.3) is 0 Å². The van der Waals surface area contributed by atoms with Crippen molar-refractivity contribution in [2.75, 3.05) is 45.2 Å². The third-order valence-corrected chi connectivity index (χ3v) is 8.23. The van der Waals surface area contributed by atoms with Crippen molar-refractivity contribution in [2.24, 2.45) is 16.3 Å². The maximum atomic E-state index is 13.2.